The number of carbonyl (C=O) groups is 1. The van der Waals surface area contributed by atoms with Gasteiger partial charge in [-0.05, 0) is 24.3 Å². The second kappa shape index (κ2) is 12.3. The smallest absolute Gasteiger partial charge is 0.259 e. The van der Waals surface area contributed by atoms with E-state index in [4.69, 9.17) is 53.0 Å². The molecule has 0 aliphatic heterocycles. The van der Waals surface area contributed by atoms with E-state index in [1.165, 1.54) is 0 Å². The Labute approximate surface area is 257 Å². The van der Waals surface area contributed by atoms with Gasteiger partial charge in [0.1, 0.15) is 16.7 Å². The highest BCUT2D eigenvalue weighted by molar-refractivity contribution is 6.37. The molecule has 0 N–H and O–H groups in total. The molecule has 0 aliphatic rings. The predicted octanol–water partition coefficient (Wildman–Crippen LogP) is 10.1. The number of nitrogens with zero attached hydrogens (tertiary/aromatic N) is 5. The van der Waals surface area contributed by atoms with Crippen LogP contribution in [0.5, 0.6) is 0 Å². The maximum atomic E-state index is 11.2. The molecule has 0 saturated heterocycles. The minimum Gasteiger partial charge on any atom is -0.362 e. The summed E-state index contributed by atoms with van der Waals surface area (Å²) in [4.78, 5) is 14.7. The van der Waals surface area contributed by atoms with Crippen LogP contribution in [0.1, 0.15) is 17.9 Å². The fourth-order valence-corrected chi connectivity index (χ4v) is 5.58. The van der Waals surface area contributed by atoms with Gasteiger partial charge in [0.25, 0.3) is 5.82 Å². The summed E-state index contributed by atoms with van der Waals surface area (Å²) in [5.41, 5.74) is 5.55. The van der Waals surface area contributed by atoms with Crippen molar-refractivity contribution in [2.24, 2.45) is 14.1 Å². The molecule has 0 aliphatic carbocycles. The summed E-state index contributed by atoms with van der Waals surface area (Å²) < 4.78 is 3.16. The van der Waals surface area contributed by atoms with E-state index in [9.17, 15) is 4.79 Å². The predicted molar refractivity (Wildman–Crippen MR) is 171 cm³/mol. The van der Waals surface area contributed by atoms with Crippen molar-refractivity contribution in [2.75, 3.05) is 0 Å². The molecule has 4 aromatic carbocycles. The molecule has 41 heavy (non-hydrogen) atoms. The van der Waals surface area contributed by atoms with Gasteiger partial charge < -0.3 is 4.85 Å². The van der Waals surface area contributed by atoms with Crippen molar-refractivity contribution in [3.63, 3.8) is 0 Å². The van der Waals surface area contributed by atoms with Crippen molar-refractivity contribution in [1.29, 1.82) is 0 Å². The molecule has 0 fully saturated rings. The molecule has 0 amide bonds. The first-order chi connectivity index (χ1) is 19.2. The fraction of sp³-hybridized carbons (Fsp3) is 0.0968. The molecule has 0 atom stereocenters. The third-order valence-electron chi connectivity index (χ3n) is 6.40. The molecule has 10 heteroatoms. The van der Waals surface area contributed by atoms with Crippen molar-refractivity contribution in [3.8, 4) is 22.3 Å². The molecule has 0 radical (unpaired) electrons. The normalized spacial score (nSPS) is 10.6. The largest absolute Gasteiger partial charge is 0.362 e. The van der Waals surface area contributed by atoms with Crippen molar-refractivity contribution in [2.45, 2.75) is 7.43 Å². The molecule has 206 valence electrons. The average molecular weight is 623 g/mol. The molecule has 0 saturated carbocycles. The van der Waals surface area contributed by atoms with Crippen LogP contribution in [0, 0.1) is 6.57 Å². The van der Waals surface area contributed by atoms with Crippen LogP contribution in [0.25, 0.3) is 48.9 Å². The molecule has 6 nitrogen and oxygen atoms in total. The number of aromatic nitrogens is 4. The fourth-order valence-electron chi connectivity index (χ4n) is 4.56. The number of rotatable bonds is 3. The van der Waals surface area contributed by atoms with E-state index >= 15 is 0 Å². The quantitative estimate of drug-likeness (QED) is 0.146. The highest BCUT2D eigenvalue weighted by Crippen LogP contribution is 2.37. The van der Waals surface area contributed by atoms with Crippen molar-refractivity contribution < 1.29 is 4.79 Å². The van der Waals surface area contributed by atoms with Gasteiger partial charge in [-0.1, -0.05) is 109 Å². The van der Waals surface area contributed by atoms with Crippen LogP contribution in [0.4, 0.5) is 5.82 Å². The highest BCUT2D eigenvalue weighted by Gasteiger charge is 2.16. The minimum atomic E-state index is 0. The SMILES string of the molecule is C.Cn1nc2c(-c3ccc(Cl)cc3Cl)cccc2c1C=O.[C-]#[N+]c1c2cccc(-c3ccc(Cl)cc3Cl)c2nn1C. The summed E-state index contributed by atoms with van der Waals surface area (Å²) in [6.45, 7) is 7.25. The van der Waals surface area contributed by atoms with Gasteiger partial charge >= 0.3 is 0 Å². The molecule has 6 rings (SSSR count). The Balaban J connectivity index is 0.000000184. The summed E-state index contributed by atoms with van der Waals surface area (Å²) in [5.74, 6) is 0.520. The van der Waals surface area contributed by atoms with E-state index in [-0.39, 0.29) is 7.43 Å². The average Bonchev–Trinajstić information content (AvgIpc) is 3.43. The zero-order chi connectivity index (χ0) is 28.6. The van der Waals surface area contributed by atoms with Gasteiger partial charge in [0.2, 0.25) is 0 Å². The maximum Gasteiger partial charge on any atom is 0.259 e. The lowest BCUT2D eigenvalue weighted by molar-refractivity contribution is 0.111. The topological polar surface area (TPSA) is 57.1 Å². The third-order valence-corrected chi connectivity index (χ3v) is 7.50. The number of benzene rings is 4. The van der Waals surface area contributed by atoms with E-state index in [1.54, 1.807) is 47.7 Å². The zero-order valence-corrected chi connectivity index (χ0v) is 24.2. The van der Waals surface area contributed by atoms with E-state index in [2.05, 4.69) is 15.0 Å². The number of halogens is 4. The molecule has 0 spiro atoms. The van der Waals surface area contributed by atoms with Gasteiger partial charge in [0.05, 0.1) is 7.05 Å². The number of aldehydes is 1. The molecule has 2 aromatic heterocycles. The Morgan fingerprint density at radius 2 is 1.20 bits per heavy atom. The first-order valence-corrected chi connectivity index (χ1v) is 13.4. The first kappa shape index (κ1) is 30.1. The molecular formula is C31H23Cl4N5O. The van der Waals surface area contributed by atoms with Gasteiger partial charge in [0, 0.05) is 60.2 Å². The Morgan fingerprint density at radius 1 is 0.707 bits per heavy atom. The molecule has 0 unspecified atom stereocenters. The summed E-state index contributed by atoms with van der Waals surface area (Å²) >= 11 is 24.4. The minimum absolute atomic E-state index is 0. The van der Waals surface area contributed by atoms with Crippen LogP contribution in [0.3, 0.4) is 0 Å². The maximum absolute atomic E-state index is 11.2. The van der Waals surface area contributed by atoms with Crippen LogP contribution in [0.2, 0.25) is 20.1 Å². The van der Waals surface area contributed by atoms with Crippen molar-refractivity contribution in [1.82, 2.24) is 19.6 Å². The second-order valence-corrected chi connectivity index (χ2v) is 10.5. The van der Waals surface area contributed by atoms with Crippen LogP contribution in [-0.2, 0) is 14.1 Å². The Bertz CT molecular complexity index is 1970. The van der Waals surface area contributed by atoms with Gasteiger partial charge in [0.15, 0.2) is 6.29 Å². The second-order valence-electron chi connectivity index (χ2n) is 8.84. The van der Waals surface area contributed by atoms with Gasteiger partial charge in [-0.3, -0.25) is 9.48 Å². The number of hydrogen-bond acceptors (Lipinski definition) is 3. The van der Waals surface area contributed by atoms with Crippen LogP contribution >= 0.6 is 46.4 Å². The standard InChI is InChI=1S/C15H9Cl2N3.C15H10Cl2N2O.CH4/c1-18-15-12-5-3-4-11(14(12)19-20(15)2)10-7-6-9(16)8-13(10)17;1-19-14(8-20)12-4-2-3-11(15(12)18-19)10-6-5-9(16)7-13(10)17;/h3-8H,2H3;2-8H,1H3;1H4. The van der Waals surface area contributed by atoms with E-state index in [0.29, 0.717) is 31.6 Å². The Hall–Kier alpha value is -3.86. The lowest BCUT2D eigenvalue weighted by Crippen LogP contribution is -1.95. The van der Waals surface area contributed by atoms with Gasteiger partial charge in [-0.2, -0.15) is 9.78 Å². The van der Waals surface area contributed by atoms with E-state index < -0.39 is 0 Å². The lowest BCUT2D eigenvalue weighted by atomic mass is 10.0. The van der Waals surface area contributed by atoms with Gasteiger partial charge in [-0.15, -0.1) is 5.10 Å². The molecular weight excluding hydrogens is 600 g/mol. The summed E-state index contributed by atoms with van der Waals surface area (Å²) in [5, 5.41) is 12.8. The Morgan fingerprint density at radius 3 is 1.68 bits per heavy atom. The lowest BCUT2D eigenvalue weighted by Gasteiger charge is -2.05. The van der Waals surface area contributed by atoms with Crippen molar-refractivity contribution in [3.05, 3.63) is 110 Å². The monoisotopic (exact) mass is 621 g/mol. The summed E-state index contributed by atoms with van der Waals surface area (Å²) in [6, 6.07) is 22.1. The van der Waals surface area contributed by atoms with Gasteiger partial charge in [-0.25, -0.2) is 0 Å². The van der Waals surface area contributed by atoms with Crippen LogP contribution in [-0.4, -0.2) is 25.8 Å². The highest BCUT2D eigenvalue weighted by atomic mass is 35.5. The van der Waals surface area contributed by atoms with E-state index in [0.717, 1.165) is 50.3 Å². The first-order valence-electron chi connectivity index (χ1n) is 11.9. The van der Waals surface area contributed by atoms with Crippen LogP contribution in [0.15, 0.2) is 72.8 Å². The molecule has 0 bridgehead atoms. The number of carbonyl (C=O) groups excluding carboxylic acids is 1. The van der Waals surface area contributed by atoms with E-state index in [1.807, 2.05) is 48.5 Å². The van der Waals surface area contributed by atoms with Crippen LogP contribution < -0.4 is 0 Å². The summed E-state index contributed by atoms with van der Waals surface area (Å²) in [6.07, 6.45) is 0.808. The summed E-state index contributed by atoms with van der Waals surface area (Å²) in [7, 11) is 3.51. The molecule has 6 aromatic rings. The number of aryl methyl sites for hydroxylation is 2. The number of hydrogen-bond donors (Lipinski definition) is 0. The third kappa shape index (κ3) is 5.68. The Kier molecular flexibility index (Phi) is 9.06. The molecule has 2 heterocycles. The zero-order valence-electron chi connectivity index (χ0n) is 21.2. The van der Waals surface area contributed by atoms with Crippen molar-refractivity contribution >= 4 is 80.3 Å². The number of fused-ring (bicyclic) bond motifs is 2.